The average molecular weight is 247 g/mol. The monoisotopic (exact) mass is 247 g/mol. The van der Waals surface area contributed by atoms with E-state index in [1.165, 1.54) is 0 Å². The first-order chi connectivity index (χ1) is 7.65. The van der Waals surface area contributed by atoms with Crippen LogP contribution in [0.15, 0.2) is 0 Å². The lowest BCUT2D eigenvalue weighted by Gasteiger charge is -2.17. The van der Waals surface area contributed by atoms with Crippen LogP contribution in [0.4, 0.5) is 0 Å². The summed E-state index contributed by atoms with van der Waals surface area (Å²) in [5.41, 5.74) is 0. The molecule has 0 rings (SSSR count). The van der Waals surface area contributed by atoms with Crippen LogP contribution in [-0.4, -0.2) is 36.7 Å². The number of rotatable bonds is 9. The number of carbonyl (C=O) groups is 1. The highest BCUT2D eigenvalue weighted by Gasteiger charge is 2.17. The fourth-order valence-corrected chi connectivity index (χ4v) is 1.77. The minimum Gasteiger partial charge on any atom is -0.465 e. The number of carbonyl (C=O) groups excluding carboxylic acids is 1. The fourth-order valence-electron chi connectivity index (χ4n) is 1.41. The van der Waals surface area contributed by atoms with Gasteiger partial charge in [-0.3, -0.25) is 4.79 Å². The van der Waals surface area contributed by atoms with Gasteiger partial charge in [0.25, 0.3) is 0 Å². The molecule has 0 bridgehead atoms. The van der Waals surface area contributed by atoms with Crippen molar-refractivity contribution >= 4 is 17.7 Å². The van der Waals surface area contributed by atoms with Crippen molar-refractivity contribution in [3.63, 3.8) is 0 Å². The zero-order valence-corrected chi connectivity index (χ0v) is 11.7. The second kappa shape index (κ2) is 9.97. The Morgan fingerprint density at radius 3 is 2.56 bits per heavy atom. The van der Waals surface area contributed by atoms with Gasteiger partial charge in [0.15, 0.2) is 0 Å². The van der Waals surface area contributed by atoms with Crippen LogP contribution in [0.3, 0.4) is 0 Å². The van der Waals surface area contributed by atoms with Crippen molar-refractivity contribution in [1.29, 1.82) is 0 Å². The number of nitrogens with one attached hydrogen (secondary N) is 1. The number of ether oxygens (including phenoxy) is 1. The van der Waals surface area contributed by atoms with Crippen LogP contribution in [0.1, 0.15) is 40.0 Å². The first-order valence-electron chi connectivity index (χ1n) is 6.08. The Labute approximate surface area is 104 Å². The normalized spacial score (nSPS) is 14.5. The predicted molar refractivity (Wildman–Crippen MR) is 70.9 cm³/mol. The van der Waals surface area contributed by atoms with Crippen LogP contribution < -0.4 is 5.32 Å². The van der Waals surface area contributed by atoms with Gasteiger partial charge in [-0.25, -0.2) is 0 Å². The van der Waals surface area contributed by atoms with Gasteiger partial charge >= 0.3 is 5.97 Å². The number of esters is 1. The largest absolute Gasteiger partial charge is 0.465 e. The summed E-state index contributed by atoms with van der Waals surface area (Å²) in [6, 6.07) is -0.126. The first kappa shape index (κ1) is 15.8. The van der Waals surface area contributed by atoms with E-state index in [2.05, 4.69) is 25.4 Å². The summed E-state index contributed by atoms with van der Waals surface area (Å²) < 4.78 is 5.03. The van der Waals surface area contributed by atoms with Gasteiger partial charge in [-0.15, -0.1) is 0 Å². The Morgan fingerprint density at radius 2 is 2.06 bits per heavy atom. The molecule has 0 amide bonds. The van der Waals surface area contributed by atoms with E-state index >= 15 is 0 Å². The van der Waals surface area contributed by atoms with Crippen molar-refractivity contribution in [3.05, 3.63) is 0 Å². The molecule has 0 heterocycles. The highest BCUT2D eigenvalue weighted by atomic mass is 32.2. The standard InChI is InChI=1S/C12H25NO2S/c1-5-7-11(12(14)15-6-2)13-9-8-10(3)16-4/h10-11,13H,5-9H2,1-4H3. The molecule has 2 atom stereocenters. The van der Waals surface area contributed by atoms with E-state index in [0.29, 0.717) is 11.9 Å². The van der Waals surface area contributed by atoms with E-state index in [-0.39, 0.29) is 12.0 Å². The molecule has 0 aliphatic rings. The van der Waals surface area contributed by atoms with Crippen LogP contribution in [0.5, 0.6) is 0 Å². The molecule has 0 fully saturated rings. The number of thioether (sulfide) groups is 1. The molecule has 0 aromatic carbocycles. The molecule has 3 nitrogen and oxygen atoms in total. The van der Waals surface area contributed by atoms with Crippen LogP contribution in [0, 0.1) is 0 Å². The third kappa shape index (κ3) is 7.12. The summed E-state index contributed by atoms with van der Waals surface area (Å²) in [6.07, 6.45) is 5.04. The molecule has 96 valence electrons. The first-order valence-corrected chi connectivity index (χ1v) is 7.37. The van der Waals surface area contributed by atoms with E-state index in [1.807, 2.05) is 18.7 Å². The Hall–Kier alpha value is -0.220. The second-order valence-electron chi connectivity index (χ2n) is 3.88. The van der Waals surface area contributed by atoms with Crippen molar-refractivity contribution < 1.29 is 9.53 Å². The van der Waals surface area contributed by atoms with Gasteiger partial charge < -0.3 is 10.1 Å². The van der Waals surface area contributed by atoms with E-state index in [0.717, 1.165) is 25.8 Å². The summed E-state index contributed by atoms with van der Waals surface area (Å²) in [7, 11) is 0. The SMILES string of the molecule is CCCC(NCCC(C)SC)C(=O)OCC. The van der Waals surface area contributed by atoms with E-state index < -0.39 is 0 Å². The van der Waals surface area contributed by atoms with Crippen LogP contribution in [0.2, 0.25) is 0 Å². The predicted octanol–water partition coefficient (Wildman–Crippen LogP) is 2.45. The molecule has 0 spiro atoms. The van der Waals surface area contributed by atoms with Crippen molar-refractivity contribution in [1.82, 2.24) is 5.32 Å². The van der Waals surface area contributed by atoms with Crippen molar-refractivity contribution in [2.75, 3.05) is 19.4 Å². The molecular weight excluding hydrogens is 222 g/mol. The third-order valence-corrected chi connectivity index (χ3v) is 3.53. The molecule has 4 heteroatoms. The molecule has 16 heavy (non-hydrogen) atoms. The van der Waals surface area contributed by atoms with Crippen molar-refractivity contribution in [2.24, 2.45) is 0 Å². The van der Waals surface area contributed by atoms with E-state index in [1.54, 1.807) is 0 Å². The Kier molecular flexibility index (Phi) is 9.83. The van der Waals surface area contributed by atoms with E-state index in [4.69, 9.17) is 4.74 Å². The molecule has 0 aliphatic heterocycles. The average Bonchev–Trinajstić information content (AvgIpc) is 2.28. The molecule has 1 N–H and O–H groups in total. The highest BCUT2D eigenvalue weighted by molar-refractivity contribution is 7.99. The lowest BCUT2D eigenvalue weighted by molar-refractivity contribution is -0.145. The van der Waals surface area contributed by atoms with E-state index in [9.17, 15) is 4.79 Å². The lowest BCUT2D eigenvalue weighted by Crippen LogP contribution is -2.39. The minimum atomic E-state index is -0.126. The summed E-state index contributed by atoms with van der Waals surface area (Å²) >= 11 is 1.85. The van der Waals surface area contributed by atoms with Gasteiger partial charge in [-0.2, -0.15) is 11.8 Å². The third-order valence-electron chi connectivity index (χ3n) is 2.49. The molecular formula is C12H25NO2S. The molecule has 0 radical (unpaired) electrons. The van der Waals surface area contributed by atoms with Gasteiger partial charge in [-0.05, 0) is 32.6 Å². The minimum absolute atomic E-state index is 0.110. The second-order valence-corrected chi connectivity index (χ2v) is 5.16. The Balaban J connectivity index is 3.88. The van der Waals surface area contributed by atoms with Crippen LogP contribution >= 0.6 is 11.8 Å². The number of hydrogen-bond donors (Lipinski definition) is 1. The smallest absolute Gasteiger partial charge is 0.323 e. The summed E-state index contributed by atoms with van der Waals surface area (Å²) in [5.74, 6) is -0.110. The zero-order valence-electron chi connectivity index (χ0n) is 10.9. The van der Waals surface area contributed by atoms with Crippen molar-refractivity contribution in [3.8, 4) is 0 Å². The van der Waals surface area contributed by atoms with Gasteiger partial charge in [0.2, 0.25) is 0 Å². The van der Waals surface area contributed by atoms with Gasteiger partial charge in [0.1, 0.15) is 6.04 Å². The van der Waals surface area contributed by atoms with Crippen LogP contribution in [-0.2, 0) is 9.53 Å². The molecule has 0 saturated heterocycles. The van der Waals surface area contributed by atoms with Crippen molar-refractivity contribution in [2.45, 2.75) is 51.3 Å². The summed E-state index contributed by atoms with van der Waals surface area (Å²) in [5, 5.41) is 3.92. The van der Waals surface area contributed by atoms with Gasteiger partial charge in [0.05, 0.1) is 6.61 Å². The molecule has 0 aliphatic carbocycles. The maximum absolute atomic E-state index is 11.6. The highest BCUT2D eigenvalue weighted by Crippen LogP contribution is 2.09. The maximum Gasteiger partial charge on any atom is 0.323 e. The maximum atomic E-state index is 11.6. The molecule has 2 unspecified atom stereocenters. The fraction of sp³-hybridized carbons (Fsp3) is 0.917. The quantitative estimate of drug-likeness (QED) is 0.635. The zero-order chi connectivity index (χ0) is 12.4. The molecule has 0 saturated carbocycles. The Bertz CT molecular complexity index is 188. The van der Waals surface area contributed by atoms with Crippen LogP contribution in [0.25, 0.3) is 0 Å². The topological polar surface area (TPSA) is 38.3 Å². The summed E-state index contributed by atoms with van der Waals surface area (Å²) in [6.45, 7) is 7.47. The lowest BCUT2D eigenvalue weighted by atomic mass is 10.1. The molecule has 0 aromatic rings. The van der Waals surface area contributed by atoms with Gasteiger partial charge in [-0.1, -0.05) is 20.3 Å². The number of hydrogen-bond acceptors (Lipinski definition) is 4. The molecule has 0 aromatic heterocycles. The van der Waals surface area contributed by atoms with Gasteiger partial charge in [0, 0.05) is 5.25 Å². The Morgan fingerprint density at radius 1 is 1.38 bits per heavy atom. The summed E-state index contributed by atoms with van der Waals surface area (Å²) in [4.78, 5) is 11.6.